The van der Waals surface area contributed by atoms with Crippen LogP contribution in [0.15, 0.2) is 48.6 Å². The maximum absolute atomic E-state index is 13.2. The number of carbonyl (C=O) groups is 1. The lowest BCUT2D eigenvalue weighted by Crippen LogP contribution is -2.66. The molecule has 0 spiro atoms. The second-order valence-electron chi connectivity index (χ2n) is 20.7. The topological polar surface area (TPSA) is 307 Å². The molecular weight excluding hydrogens is 987 g/mol. The second-order valence-corrected chi connectivity index (χ2v) is 20.7. The highest BCUT2D eigenvalue weighted by Gasteiger charge is 2.53. The summed E-state index contributed by atoms with van der Waals surface area (Å²) in [4.78, 5) is 13.2. The third kappa shape index (κ3) is 25.0. The smallest absolute Gasteiger partial charge is 0.220 e. The molecule has 0 aromatic carbocycles. The van der Waals surface area contributed by atoms with Crippen LogP contribution in [-0.4, -0.2) is 193 Å². The van der Waals surface area contributed by atoms with E-state index >= 15 is 0 Å². The van der Waals surface area contributed by atoms with E-state index in [0.717, 1.165) is 70.6 Å². The molecule has 3 aliphatic heterocycles. The van der Waals surface area contributed by atoms with Gasteiger partial charge in [0.1, 0.15) is 73.2 Å². The molecular formula is C57H101NO18. The number of hydrogen-bond acceptors (Lipinski definition) is 18. The van der Waals surface area contributed by atoms with Crippen molar-refractivity contribution in [2.75, 3.05) is 26.4 Å². The monoisotopic (exact) mass is 1090 g/mol. The highest BCUT2D eigenvalue weighted by molar-refractivity contribution is 5.76. The Labute approximate surface area is 453 Å². The Balaban J connectivity index is 1.52. The number of aliphatic hydroxyl groups is 11. The average Bonchev–Trinajstić information content (AvgIpc) is 3.42. The van der Waals surface area contributed by atoms with E-state index in [2.05, 4.69) is 55.6 Å². The first kappa shape index (κ1) is 68.0. The van der Waals surface area contributed by atoms with E-state index < -0.39 is 124 Å². The van der Waals surface area contributed by atoms with E-state index in [1.807, 2.05) is 6.08 Å². The molecule has 3 heterocycles. The highest BCUT2D eigenvalue weighted by atomic mass is 16.8. The molecule has 12 N–H and O–H groups in total. The van der Waals surface area contributed by atoms with Gasteiger partial charge in [0.25, 0.3) is 0 Å². The number of amides is 1. The predicted molar refractivity (Wildman–Crippen MR) is 286 cm³/mol. The molecule has 19 heteroatoms. The first-order valence-corrected chi connectivity index (χ1v) is 28.9. The zero-order valence-corrected chi connectivity index (χ0v) is 45.7. The summed E-state index contributed by atoms with van der Waals surface area (Å²) in [6.07, 6.45) is 16.9. The molecule has 17 unspecified atom stereocenters. The molecule has 17 atom stereocenters. The lowest BCUT2D eigenvalue weighted by Gasteiger charge is -2.48. The van der Waals surface area contributed by atoms with E-state index in [4.69, 9.17) is 28.4 Å². The fourth-order valence-electron chi connectivity index (χ4n) is 9.52. The van der Waals surface area contributed by atoms with Gasteiger partial charge in [-0.15, -0.1) is 0 Å². The van der Waals surface area contributed by atoms with Gasteiger partial charge in [0.2, 0.25) is 5.91 Å². The zero-order valence-electron chi connectivity index (χ0n) is 45.7. The highest BCUT2D eigenvalue weighted by Crippen LogP contribution is 2.33. The Morgan fingerprint density at radius 1 is 0.461 bits per heavy atom. The molecule has 76 heavy (non-hydrogen) atoms. The Bertz CT molecular complexity index is 1580. The second kappa shape index (κ2) is 40.9. The van der Waals surface area contributed by atoms with Crippen molar-refractivity contribution in [1.29, 1.82) is 0 Å². The van der Waals surface area contributed by atoms with Crippen LogP contribution in [-0.2, 0) is 33.2 Å². The number of carbonyl (C=O) groups excluding carboxylic acids is 1. The van der Waals surface area contributed by atoms with Crippen LogP contribution >= 0.6 is 0 Å². The third-order valence-corrected chi connectivity index (χ3v) is 14.3. The number of hydrogen-bond donors (Lipinski definition) is 12. The van der Waals surface area contributed by atoms with Gasteiger partial charge in [0.15, 0.2) is 18.9 Å². The fraction of sp³-hybridized carbons (Fsp3) is 0.842. The minimum Gasteiger partial charge on any atom is -0.394 e. The minimum atomic E-state index is -1.98. The van der Waals surface area contributed by atoms with Crippen molar-refractivity contribution in [2.45, 2.75) is 279 Å². The first-order chi connectivity index (χ1) is 36.8. The quantitative estimate of drug-likeness (QED) is 0.0300. The summed E-state index contributed by atoms with van der Waals surface area (Å²) in [6, 6.07) is -0.999. The van der Waals surface area contributed by atoms with Crippen LogP contribution in [0.2, 0.25) is 0 Å². The van der Waals surface area contributed by atoms with Crippen LogP contribution in [0.5, 0.6) is 0 Å². The normalized spacial score (nSPS) is 31.3. The largest absolute Gasteiger partial charge is 0.394 e. The third-order valence-electron chi connectivity index (χ3n) is 14.3. The molecule has 1 amide bonds. The van der Waals surface area contributed by atoms with Gasteiger partial charge in [-0.25, -0.2) is 0 Å². The standard InChI is InChI=1S/C57H101NO18/c1-3-5-7-9-11-13-15-16-17-18-19-20-21-22-23-24-25-26-28-30-32-34-41(62)40(58-45(63)35-33-31-29-27-14-12-10-8-6-4-2)39-71-55-51(69)48(66)53(43(37-60)73-55)76-57-52(70)49(67)54(44(38-61)74-57)75-56-50(68)47(65)46(64)42(36-59)72-56/h8,10,21-22,25-26,32,34,40-44,46-57,59-62,64-70H,3-7,9,11-20,23-24,27-31,33,35-39H2,1-2H3,(H,58,63)/b10-8-,22-21+,26-25+,34-32+. The van der Waals surface area contributed by atoms with Crippen LogP contribution in [0.25, 0.3) is 0 Å². The molecule has 3 fully saturated rings. The molecule has 0 radical (unpaired) electrons. The van der Waals surface area contributed by atoms with Crippen LogP contribution in [0.1, 0.15) is 174 Å². The van der Waals surface area contributed by atoms with E-state index in [9.17, 15) is 61.0 Å². The molecule has 442 valence electrons. The molecule has 0 aromatic rings. The number of nitrogens with one attached hydrogen (secondary N) is 1. The summed E-state index contributed by atoms with van der Waals surface area (Å²) in [5, 5.41) is 120. The SMILES string of the molecule is CCC/C=C\CCCCCCCC(=O)NC(COC1OC(CO)C(OC2OC(CO)C(OC3OC(CO)C(O)C(O)C3O)C(O)C2O)C(O)C1O)C(O)/C=C/CC/C=C/CC/C=C/CCCCCCCCCCCCC. The van der Waals surface area contributed by atoms with E-state index in [-0.39, 0.29) is 18.9 Å². The number of unbranched alkanes of at least 4 members (excludes halogenated alkanes) is 19. The Morgan fingerprint density at radius 2 is 0.868 bits per heavy atom. The molecule has 3 saturated heterocycles. The van der Waals surface area contributed by atoms with Crippen molar-refractivity contribution in [1.82, 2.24) is 5.32 Å². The van der Waals surface area contributed by atoms with Gasteiger partial charge in [0, 0.05) is 6.42 Å². The number of aliphatic hydroxyl groups excluding tert-OH is 11. The number of allylic oxidation sites excluding steroid dienone is 7. The average molecular weight is 1090 g/mol. The Hall–Kier alpha value is -2.25. The van der Waals surface area contributed by atoms with Crippen LogP contribution in [0, 0.1) is 0 Å². The summed E-state index contributed by atoms with van der Waals surface area (Å²) in [5.41, 5.74) is 0. The van der Waals surface area contributed by atoms with Crippen molar-refractivity contribution in [3.63, 3.8) is 0 Å². The molecule has 19 nitrogen and oxygen atoms in total. The molecule has 0 aromatic heterocycles. The maximum atomic E-state index is 13.2. The zero-order chi connectivity index (χ0) is 55.5. The van der Waals surface area contributed by atoms with E-state index in [0.29, 0.717) is 12.8 Å². The van der Waals surface area contributed by atoms with E-state index in [1.165, 1.54) is 70.6 Å². The van der Waals surface area contributed by atoms with Crippen molar-refractivity contribution in [3.8, 4) is 0 Å². The molecule has 3 rings (SSSR count). The number of ether oxygens (including phenoxy) is 6. The summed E-state index contributed by atoms with van der Waals surface area (Å²) in [5.74, 6) is -0.304. The summed E-state index contributed by atoms with van der Waals surface area (Å²) >= 11 is 0. The molecule has 3 aliphatic rings. The van der Waals surface area contributed by atoms with E-state index in [1.54, 1.807) is 6.08 Å². The number of rotatable bonds is 41. The summed E-state index contributed by atoms with van der Waals surface area (Å²) in [6.45, 7) is 1.59. The van der Waals surface area contributed by atoms with Gasteiger partial charge in [-0.1, -0.05) is 152 Å². The fourth-order valence-corrected chi connectivity index (χ4v) is 9.52. The molecule has 0 aliphatic carbocycles. The van der Waals surface area contributed by atoms with Gasteiger partial charge in [-0.2, -0.15) is 0 Å². The van der Waals surface area contributed by atoms with Crippen LogP contribution in [0.4, 0.5) is 0 Å². The van der Waals surface area contributed by atoms with Crippen molar-refractivity contribution >= 4 is 5.91 Å². The van der Waals surface area contributed by atoms with Gasteiger partial charge < -0.3 is 89.9 Å². The first-order valence-electron chi connectivity index (χ1n) is 28.9. The lowest BCUT2D eigenvalue weighted by molar-refractivity contribution is -0.379. The van der Waals surface area contributed by atoms with Crippen molar-refractivity contribution in [3.05, 3.63) is 48.6 Å². The summed E-state index contributed by atoms with van der Waals surface area (Å²) < 4.78 is 34.1. The minimum absolute atomic E-state index is 0.219. The molecule has 0 bridgehead atoms. The van der Waals surface area contributed by atoms with Gasteiger partial charge in [-0.3, -0.25) is 4.79 Å². The van der Waals surface area contributed by atoms with Gasteiger partial charge in [0.05, 0.1) is 38.6 Å². The predicted octanol–water partition coefficient (Wildman–Crippen LogP) is 4.31. The van der Waals surface area contributed by atoms with Crippen molar-refractivity contribution < 1.29 is 89.4 Å². The van der Waals surface area contributed by atoms with Gasteiger partial charge in [-0.05, 0) is 64.2 Å². The van der Waals surface area contributed by atoms with Gasteiger partial charge >= 0.3 is 0 Å². The summed E-state index contributed by atoms with van der Waals surface area (Å²) in [7, 11) is 0. The van der Waals surface area contributed by atoms with Crippen molar-refractivity contribution in [2.24, 2.45) is 0 Å². The van der Waals surface area contributed by atoms with Crippen LogP contribution < -0.4 is 5.32 Å². The maximum Gasteiger partial charge on any atom is 0.220 e. The Kier molecular flexibility index (Phi) is 36.6. The lowest BCUT2D eigenvalue weighted by atomic mass is 9.96. The Morgan fingerprint density at radius 3 is 1.37 bits per heavy atom. The molecule has 0 saturated carbocycles. The van der Waals surface area contributed by atoms with Crippen LogP contribution in [0.3, 0.4) is 0 Å².